The van der Waals surface area contributed by atoms with Crippen LogP contribution in [0.15, 0.2) is 53.8 Å². The fourth-order valence-corrected chi connectivity index (χ4v) is 2.25. The Bertz CT molecular complexity index is 711. The number of aliphatic imine (C=N–C) groups is 1. The number of benzene rings is 1. The first-order valence-corrected chi connectivity index (χ1v) is 8.57. The number of nitrogens with zero attached hydrogens (tertiary/aromatic N) is 3. The molecule has 0 radical (unpaired) electrons. The predicted octanol–water partition coefficient (Wildman–Crippen LogP) is 3.27. The first-order chi connectivity index (χ1) is 12.8. The van der Waals surface area contributed by atoms with Crippen LogP contribution in [0.2, 0.25) is 0 Å². The molecular weight excluding hydrogens is 330 g/mol. The van der Waals surface area contributed by atoms with Crippen LogP contribution in [-0.4, -0.2) is 29.2 Å². The third kappa shape index (κ3) is 7.53. The van der Waals surface area contributed by atoms with Gasteiger partial charge in [0.15, 0.2) is 0 Å². The Kier molecular flexibility index (Phi) is 8.29. The third-order valence-corrected chi connectivity index (χ3v) is 3.57. The van der Waals surface area contributed by atoms with Gasteiger partial charge < -0.3 is 20.5 Å². The minimum atomic E-state index is 0.238. The number of guanidine groups is 1. The Labute approximate surface area is 153 Å². The van der Waals surface area contributed by atoms with Crippen LogP contribution in [0.3, 0.4) is 0 Å². The number of nitriles is 1. The van der Waals surface area contributed by atoms with Gasteiger partial charge in [-0.1, -0.05) is 12.8 Å². The SMILES string of the molecule is N#C/N=C(\NCCCCCCOc1ccc(O)cc1)Nc1ccncc1. The van der Waals surface area contributed by atoms with E-state index in [4.69, 9.17) is 10.00 Å². The molecule has 0 amide bonds. The van der Waals surface area contributed by atoms with Crippen molar-refractivity contribution in [1.82, 2.24) is 10.3 Å². The molecule has 0 bridgehead atoms. The van der Waals surface area contributed by atoms with Gasteiger partial charge in [-0.3, -0.25) is 4.98 Å². The van der Waals surface area contributed by atoms with Crippen molar-refractivity contribution in [2.24, 2.45) is 4.99 Å². The first-order valence-electron chi connectivity index (χ1n) is 8.57. The number of hydrogen-bond acceptors (Lipinski definition) is 5. The molecule has 2 rings (SSSR count). The average Bonchev–Trinajstić information content (AvgIpc) is 2.66. The summed E-state index contributed by atoms with van der Waals surface area (Å²) in [5, 5.41) is 24.2. The number of ether oxygens (including phenoxy) is 1. The maximum absolute atomic E-state index is 9.21. The van der Waals surface area contributed by atoms with E-state index < -0.39 is 0 Å². The van der Waals surface area contributed by atoms with Crippen molar-refractivity contribution >= 4 is 11.6 Å². The highest BCUT2D eigenvalue weighted by atomic mass is 16.5. The lowest BCUT2D eigenvalue weighted by Gasteiger charge is -2.10. The minimum absolute atomic E-state index is 0.238. The van der Waals surface area contributed by atoms with E-state index in [1.807, 2.05) is 12.1 Å². The molecule has 0 unspecified atom stereocenters. The Morgan fingerprint density at radius 3 is 2.54 bits per heavy atom. The Morgan fingerprint density at radius 2 is 1.81 bits per heavy atom. The molecule has 1 heterocycles. The van der Waals surface area contributed by atoms with Crippen LogP contribution in [0.5, 0.6) is 11.5 Å². The summed E-state index contributed by atoms with van der Waals surface area (Å²) < 4.78 is 5.61. The summed E-state index contributed by atoms with van der Waals surface area (Å²) in [4.78, 5) is 7.69. The van der Waals surface area contributed by atoms with Gasteiger partial charge in [0, 0.05) is 24.6 Å². The molecule has 0 aliphatic heterocycles. The monoisotopic (exact) mass is 353 g/mol. The van der Waals surface area contributed by atoms with Gasteiger partial charge in [-0.25, -0.2) is 0 Å². The van der Waals surface area contributed by atoms with Crippen LogP contribution in [0.4, 0.5) is 5.69 Å². The number of unbranched alkanes of at least 4 members (excludes halogenated alkanes) is 3. The third-order valence-electron chi connectivity index (χ3n) is 3.57. The molecular formula is C19H23N5O2. The summed E-state index contributed by atoms with van der Waals surface area (Å²) in [5.74, 6) is 1.45. The molecule has 1 aromatic heterocycles. The molecule has 7 heteroatoms. The smallest absolute Gasteiger partial charge is 0.211 e. The van der Waals surface area contributed by atoms with Gasteiger partial charge in [-0.05, 0) is 49.2 Å². The summed E-state index contributed by atoms with van der Waals surface area (Å²) in [6.45, 7) is 1.39. The van der Waals surface area contributed by atoms with E-state index in [0.29, 0.717) is 12.6 Å². The van der Waals surface area contributed by atoms with E-state index >= 15 is 0 Å². The van der Waals surface area contributed by atoms with Gasteiger partial charge in [0.1, 0.15) is 11.5 Å². The van der Waals surface area contributed by atoms with Crippen LogP contribution in [0.25, 0.3) is 0 Å². The molecule has 26 heavy (non-hydrogen) atoms. The number of aromatic hydroxyl groups is 1. The van der Waals surface area contributed by atoms with Crippen LogP contribution in [-0.2, 0) is 0 Å². The molecule has 3 N–H and O–H groups in total. The van der Waals surface area contributed by atoms with Gasteiger partial charge in [-0.2, -0.15) is 5.26 Å². The lowest BCUT2D eigenvalue weighted by atomic mass is 10.2. The van der Waals surface area contributed by atoms with Crippen LogP contribution < -0.4 is 15.4 Å². The zero-order chi connectivity index (χ0) is 18.5. The van der Waals surface area contributed by atoms with Crippen molar-refractivity contribution in [2.45, 2.75) is 25.7 Å². The second-order valence-electron chi connectivity index (χ2n) is 5.60. The van der Waals surface area contributed by atoms with Crippen molar-refractivity contribution in [1.29, 1.82) is 5.26 Å². The molecule has 7 nitrogen and oxygen atoms in total. The molecule has 0 spiro atoms. The molecule has 136 valence electrons. The number of phenolic OH excluding ortho intramolecular Hbond substituents is 1. The van der Waals surface area contributed by atoms with E-state index in [1.165, 1.54) is 0 Å². The summed E-state index contributed by atoms with van der Waals surface area (Å²) in [6.07, 6.45) is 9.19. The highest BCUT2D eigenvalue weighted by Gasteiger charge is 2.00. The molecule has 2 aromatic rings. The molecule has 0 aliphatic rings. The summed E-state index contributed by atoms with van der Waals surface area (Å²) in [6, 6.07) is 10.4. The Hall–Kier alpha value is -3.27. The van der Waals surface area contributed by atoms with Gasteiger partial charge in [0.05, 0.1) is 6.61 Å². The molecule has 0 atom stereocenters. The number of rotatable bonds is 9. The Balaban J connectivity index is 1.55. The highest BCUT2D eigenvalue weighted by Crippen LogP contribution is 2.16. The van der Waals surface area contributed by atoms with E-state index in [2.05, 4.69) is 20.6 Å². The number of anilines is 1. The molecule has 0 saturated heterocycles. The number of aromatic nitrogens is 1. The largest absolute Gasteiger partial charge is 0.508 e. The highest BCUT2D eigenvalue weighted by molar-refractivity contribution is 5.94. The molecule has 0 saturated carbocycles. The lowest BCUT2D eigenvalue weighted by Crippen LogP contribution is -2.31. The molecule has 0 aliphatic carbocycles. The lowest BCUT2D eigenvalue weighted by molar-refractivity contribution is 0.304. The number of nitrogens with one attached hydrogen (secondary N) is 2. The maximum Gasteiger partial charge on any atom is 0.211 e. The first kappa shape index (κ1) is 19.1. The number of hydrogen-bond donors (Lipinski definition) is 3. The van der Waals surface area contributed by atoms with Crippen LogP contribution in [0, 0.1) is 11.5 Å². The number of pyridine rings is 1. The zero-order valence-corrected chi connectivity index (χ0v) is 14.6. The predicted molar refractivity (Wildman–Crippen MR) is 101 cm³/mol. The maximum atomic E-state index is 9.21. The normalized spacial score (nSPS) is 10.8. The summed E-state index contributed by atoms with van der Waals surface area (Å²) in [5.41, 5.74) is 0.827. The van der Waals surface area contributed by atoms with Crippen molar-refractivity contribution < 1.29 is 9.84 Å². The quantitative estimate of drug-likeness (QED) is 0.277. The van der Waals surface area contributed by atoms with Crippen LogP contribution in [0.1, 0.15) is 25.7 Å². The fourth-order valence-electron chi connectivity index (χ4n) is 2.25. The molecule has 1 aromatic carbocycles. The van der Waals surface area contributed by atoms with E-state index in [1.54, 1.807) is 42.9 Å². The van der Waals surface area contributed by atoms with Crippen LogP contribution >= 0.6 is 0 Å². The van der Waals surface area contributed by atoms with Crippen molar-refractivity contribution in [3.05, 3.63) is 48.8 Å². The van der Waals surface area contributed by atoms with Crippen molar-refractivity contribution in [2.75, 3.05) is 18.5 Å². The van der Waals surface area contributed by atoms with Gasteiger partial charge in [0.2, 0.25) is 12.2 Å². The van der Waals surface area contributed by atoms with Gasteiger partial charge >= 0.3 is 0 Å². The summed E-state index contributed by atoms with van der Waals surface area (Å²) in [7, 11) is 0. The fraction of sp³-hybridized carbons (Fsp3) is 0.316. The average molecular weight is 353 g/mol. The second-order valence-corrected chi connectivity index (χ2v) is 5.60. The standard InChI is InChI=1S/C19H23N5O2/c20-15-23-19(24-16-9-12-21-13-10-16)22-11-3-1-2-4-14-26-18-7-5-17(25)6-8-18/h5-10,12-13,25H,1-4,11,14H2,(H2,21,22,23,24). The molecule has 0 fully saturated rings. The Morgan fingerprint density at radius 1 is 1.08 bits per heavy atom. The van der Waals surface area contributed by atoms with Gasteiger partial charge in [-0.15, -0.1) is 4.99 Å². The minimum Gasteiger partial charge on any atom is -0.508 e. The second kappa shape index (κ2) is 11.3. The van der Waals surface area contributed by atoms with E-state index in [9.17, 15) is 5.11 Å². The van der Waals surface area contributed by atoms with E-state index in [-0.39, 0.29) is 5.75 Å². The summed E-state index contributed by atoms with van der Waals surface area (Å²) >= 11 is 0. The van der Waals surface area contributed by atoms with E-state index in [0.717, 1.165) is 43.7 Å². The zero-order valence-electron chi connectivity index (χ0n) is 14.6. The number of phenols is 1. The van der Waals surface area contributed by atoms with Gasteiger partial charge in [0.25, 0.3) is 0 Å². The topological polar surface area (TPSA) is 103 Å². The van der Waals surface area contributed by atoms with Crippen molar-refractivity contribution in [3.63, 3.8) is 0 Å². The van der Waals surface area contributed by atoms with Crippen molar-refractivity contribution in [3.8, 4) is 17.7 Å².